The second-order valence-corrected chi connectivity index (χ2v) is 7.21. The van der Waals surface area contributed by atoms with E-state index in [1.807, 2.05) is 0 Å². The molecule has 1 saturated heterocycles. The minimum absolute atomic E-state index is 0.0359. The Morgan fingerprint density at radius 2 is 2.19 bits per heavy atom. The molecule has 0 aliphatic carbocycles. The van der Waals surface area contributed by atoms with Gasteiger partial charge in [0.05, 0.1) is 12.4 Å². The Morgan fingerprint density at radius 1 is 1.44 bits per heavy atom. The van der Waals surface area contributed by atoms with Gasteiger partial charge in [-0.15, -0.1) is 0 Å². The first-order valence-corrected chi connectivity index (χ1v) is 7.83. The van der Waals surface area contributed by atoms with Crippen LogP contribution < -0.4 is 5.32 Å². The summed E-state index contributed by atoms with van der Waals surface area (Å²) in [5.41, 5.74) is 0.0359. The third-order valence-electron chi connectivity index (χ3n) is 3.06. The molecule has 1 aliphatic rings. The van der Waals surface area contributed by atoms with E-state index < -0.39 is 9.84 Å². The lowest BCUT2D eigenvalue weighted by molar-refractivity contribution is 0.0288. The van der Waals surface area contributed by atoms with E-state index in [4.69, 9.17) is 4.74 Å². The zero-order valence-corrected chi connectivity index (χ0v) is 11.1. The molecule has 0 aromatic carbocycles. The van der Waals surface area contributed by atoms with Gasteiger partial charge in [0.25, 0.3) is 0 Å². The molecule has 5 heteroatoms. The van der Waals surface area contributed by atoms with Gasteiger partial charge in [0.2, 0.25) is 0 Å². The molecule has 1 fully saturated rings. The van der Waals surface area contributed by atoms with Gasteiger partial charge in [0.1, 0.15) is 9.84 Å². The summed E-state index contributed by atoms with van der Waals surface area (Å²) in [4.78, 5) is 0. The highest BCUT2D eigenvalue weighted by molar-refractivity contribution is 7.91. The summed E-state index contributed by atoms with van der Waals surface area (Å²) in [6.45, 7) is 6.16. The second kappa shape index (κ2) is 5.98. The fourth-order valence-electron chi connectivity index (χ4n) is 1.90. The van der Waals surface area contributed by atoms with Crippen molar-refractivity contribution in [3.63, 3.8) is 0 Å². The Morgan fingerprint density at radius 3 is 2.75 bits per heavy atom. The topological polar surface area (TPSA) is 55.4 Å². The first-order chi connectivity index (χ1) is 7.47. The minimum Gasteiger partial charge on any atom is -0.380 e. The van der Waals surface area contributed by atoms with Crippen LogP contribution in [0.1, 0.15) is 33.1 Å². The van der Waals surface area contributed by atoms with Gasteiger partial charge in [-0.1, -0.05) is 6.92 Å². The highest BCUT2D eigenvalue weighted by Crippen LogP contribution is 2.17. The van der Waals surface area contributed by atoms with Crippen LogP contribution in [0.15, 0.2) is 0 Å². The Labute approximate surface area is 98.7 Å². The molecule has 4 nitrogen and oxygen atoms in total. The first-order valence-electron chi connectivity index (χ1n) is 6.01. The Bertz CT molecular complexity index is 294. The van der Waals surface area contributed by atoms with Crippen molar-refractivity contribution in [2.24, 2.45) is 0 Å². The Kier molecular flexibility index (Phi) is 5.21. The van der Waals surface area contributed by atoms with Crippen LogP contribution in [0, 0.1) is 0 Å². The summed E-state index contributed by atoms with van der Waals surface area (Å²) >= 11 is 0. The highest BCUT2D eigenvalue weighted by atomic mass is 32.2. The summed E-state index contributed by atoms with van der Waals surface area (Å²) < 4.78 is 28.0. The van der Waals surface area contributed by atoms with Crippen LogP contribution in [-0.4, -0.2) is 45.2 Å². The molecule has 1 N–H and O–H groups in total. The number of sulfone groups is 1. The maximum Gasteiger partial charge on any atom is 0.150 e. The van der Waals surface area contributed by atoms with E-state index in [-0.39, 0.29) is 17.0 Å². The number of nitrogens with one attached hydrogen (secondary N) is 1. The van der Waals surface area contributed by atoms with Gasteiger partial charge in [-0.2, -0.15) is 0 Å². The molecular weight excluding hydrogens is 226 g/mol. The van der Waals surface area contributed by atoms with Crippen molar-refractivity contribution in [2.45, 2.75) is 38.6 Å². The van der Waals surface area contributed by atoms with Crippen LogP contribution in [0.25, 0.3) is 0 Å². The third kappa shape index (κ3) is 4.80. The summed E-state index contributed by atoms with van der Waals surface area (Å²) in [7, 11) is -2.81. The molecule has 1 heterocycles. The van der Waals surface area contributed by atoms with Crippen molar-refractivity contribution in [1.82, 2.24) is 5.32 Å². The van der Waals surface area contributed by atoms with Gasteiger partial charge in [0, 0.05) is 17.9 Å². The van der Waals surface area contributed by atoms with E-state index >= 15 is 0 Å². The molecule has 16 heavy (non-hydrogen) atoms. The fraction of sp³-hybridized carbons (Fsp3) is 1.00. The molecule has 0 radical (unpaired) electrons. The number of ether oxygens (including phenoxy) is 1. The van der Waals surface area contributed by atoms with E-state index in [0.717, 1.165) is 32.6 Å². The van der Waals surface area contributed by atoms with Crippen LogP contribution >= 0.6 is 0 Å². The molecule has 0 spiro atoms. The average molecular weight is 249 g/mol. The van der Waals surface area contributed by atoms with Gasteiger partial charge in [-0.3, -0.25) is 0 Å². The smallest absolute Gasteiger partial charge is 0.150 e. The van der Waals surface area contributed by atoms with Crippen LogP contribution in [-0.2, 0) is 14.6 Å². The van der Waals surface area contributed by atoms with Gasteiger partial charge in [-0.05, 0) is 32.7 Å². The number of rotatable bonds is 6. The van der Waals surface area contributed by atoms with E-state index in [9.17, 15) is 8.42 Å². The number of hydrogen-bond donors (Lipinski definition) is 1. The maximum atomic E-state index is 11.3. The molecule has 0 saturated carbocycles. The SMILES string of the molecule is CCS(=O)(=O)CCCNC1(C)CCCOC1. The quantitative estimate of drug-likeness (QED) is 0.713. The molecule has 1 rings (SSSR count). The lowest BCUT2D eigenvalue weighted by atomic mass is 9.95. The van der Waals surface area contributed by atoms with Crippen LogP contribution in [0.2, 0.25) is 0 Å². The zero-order valence-electron chi connectivity index (χ0n) is 10.3. The van der Waals surface area contributed by atoms with Gasteiger partial charge >= 0.3 is 0 Å². The molecule has 1 atom stereocenters. The first kappa shape index (κ1) is 13.9. The van der Waals surface area contributed by atoms with E-state index in [1.54, 1.807) is 6.92 Å². The largest absolute Gasteiger partial charge is 0.380 e. The van der Waals surface area contributed by atoms with E-state index in [1.165, 1.54) is 0 Å². The summed E-state index contributed by atoms with van der Waals surface area (Å²) in [5, 5.41) is 3.41. The highest BCUT2D eigenvalue weighted by Gasteiger charge is 2.26. The van der Waals surface area contributed by atoms with Crippen LogP contribution in [0.5, 0.6) is 0 Å². The van der Waals surface area contributed by atoms with Gasteiger partial charge in [0.15, 0.2) is 0 Å². The van der Waals surface area contributed by atoms with E-state index in [2.05, 4.69) is 12.2 Å². The molecule has 1 unspecified atom stereocenters. The Hall–Kier alpha value is -0.130. The van der Waals surface area contributed by atoms with Crippen molar-refractivity contribution in [1.29, 1.82) is 0 Å². The van der Waals surface area contributed by atoms with Crippen LogP contribution in [0.4, 0.5) is 0 Å². The van der Waals surface area contributed by atoms with Crippen molar-refractivity contribution in [3.05, 3.63) is 0 Å². The summed E-state index contributed by atoms with van der Waals surface area (Å²) in [5.74, 6) is 0.529. The number of hydrogen-bond acceptors (Lipinski definition) is 4. The minimum atomic E-state index is -2.81. The Balaban J connectivity index is 2.20. The normalized spacial score (nSPS) is 26.9. The molecule has 96 valence electrons. The summed E-state index contributed by atoms with van der Waals surface area (Å²) in [6, 6.07) is 0. The molecular formula is C11H23NO3S. The van der Waals surface area contributed by atoms with Gasteiger partial charge < -0.3 is 10.1 Å². The summed E-state index contributed by atoms with van der Waals surface area (Å²) in [6.07, 6.45) is 2.87. The lowest BCUT2D eigenvalue weighted by Gasteiger charge is -2.34. The van der Waals surface area contributed by atoms with Gasteiger partial charge in [-0.25, -0.2) is 8.42 Å². The molecule has 0 amide bonds. The average Bonchev–Trinajstić information content (AvgIpc) is 2.26. The predicted octanol–water partition coefficient (Wildman–Crippen LogP) is 0.970. The van der Waals surface area contributed by atoms with Crippen molar-refractivity contribution < 1.29 is 13.2 Å². The fourth-order valence-corrected chi connectivity index (χ4v) is 2.77. The van der Waals surface area contributed by atoms with Crippen LogP contribution in [0.3, 0.4) is 0 Å². The van der Waals surface area contributed by atoms with E-state index in [0.29, 0.717) is 6.42 Å². The molecule has 0 aromatic heterocycles. The van der Waals surface area contributed by atoms with Crippen molar-refractivity contribution >= 4 is 9.84 Å². The lowest BCUT2D eigenvalue weighted by Crippen LogP contribution is -2.49. The standard InChI is InChI=1S/C11H23NO3S/c1-3-16(13,14)9-5-7-12-11(2)6-4-8-15-10-11/h12H,3-10H2,1-2H3. The maximum absolute atomic E-state index is 11.3. The van der Waals surface area contributed by atoms with Crippen molar-refractivity contribution in [3.8, 4) is 0 Å². The second-order valence-electron chi connectivity index (χ2n) is 4.73. The third-order valence-corrected chi connectivity index (χ3v) is 4.85. The monoisotopic (exact) mass is 249 g/mol. The van der Waals surface area contributed by atoms with Crippen molar-refractivity contribution in [2.75, 3.05) is 31.3 Å². The predicted molar refractivity (Wildman–Crippen MR) is 65.4 cm³/mol. The zero-order chi connectivity index (χ0) is 12.1. The molecule has 0 aromatic rings. The molecule has 0 bridgehead atoms. The molecule has 1 aliphatic heterocycles.